The molecule has 2 nitrogen and oxygen atoms in total. The smallest absolute Gasteiger partial charge is 0.162 e. The first kappa shape index (κ1) is 9.87. The SMILES string of the molecule is CC(=O)c1c(C#N)ccc(F)c1Br. The predicted octanol–water partition coefficient (Wildman–Crippen LogP) is 2.66. The Labute approximate surface area is 83.1 Å². The highest BCUT2D eigenvalue weighted by atomic mass is 79.9. The van der Waals surface area contributed by atoms with Gasteiger partial charge in [0.05, 0.1) is 21.7 Å². The third-order valence-electron chi connectivity index (χ3n) is 1.57. The molecule has 1 rings (SSSR count). The van der Waals surface area contributed by atoms with Gasteiger partial charge in [0.25, 0.3) is 0 Å². The monoisotopic (exact) mass is 241 g/mol. The fraction of sp³-hybridized carbons (Fsp3) is 0.111. The maximum absolute atomic E-state index is 12.9. The minimum atomic E-state index is -0.538. The van der Waals surface area contributed by atoms with Gasteiger partial charge in [-0.1, -0.05) is 0 Å². The first-order valence-corrected chi connectivity index (χ1v) is 4.26. The third kappa shape index (κ3) is 1.76. The van der Waals surface area contributed by atoms with E-state index in [0.29, 0.717) is 0 Å². The van der Waals surface area contributed by atoms with Crippen LogP contribution in [-0.2, 0) is 0 Å². The molecule has 0 radical (unpaired) electrons. The highest BCUT2D eigenvalue weighted by Crippen LogP contribution is 2.24. The minimum Gasteiger partial charge on any atom is -0.294 e. The van der Waals surface area contributed by atoms with Crippen LogP contribution in [0.15, 0.2) is 16.6 Å². The van der Waals surface area contributed by atoms with Crippen LogP contribution in [0.4, 0.5) is 4.39 Å². The van der Waals surface area contributed by atoms with Crippen molar-refractivity contribution in [3.63, 3.8) is 0 Å². The van der Waals surface area contributed by atoms with Crippen molar-refractivity contribution >= 4 is 21.7 Å². The van der Waals surface area contributed by atoms with Crippen LogP contribution in [0.5, 0.6) is 0 Å². The van der Waals surface area contributed by atoms with Gasteiger partial charge >= 0.3 is 0 Å². The fourth-order valence-corrected chi connectivity index (χ4v) is 1.61. The number of halogens is 2. The lowest BCUT2D eigenvalue weighted by Gasteiger charge is -2.02. The van der Waals surface area contributed by atoms with E-state index in [0.717, 1.165) is 6.07 Å². The van der Waals surface area contributed by atoms with Crippen LogP contribution in [0.2, 0.25) is 0 Å². The molecule has 0 heterocycles. The van der Waals surface area contributed by atoms with E-state index in [9.17, 15) is 9.18 Å². The van der Waals surface area contributed by atoms with Gasteiger partial charge in [-0.2, -0.15) is 5.26 Å². The molecule has 0 N–H and O–H groups in total. The van der Waals surface area contributed by atoms with Crippen LogP contribution in [0, 0.1) is 17.1 Å². The molecular weight excluding hydrogens is 237 g/mol. The maximum Gasteiger partial charge on any atom is 0.162 e. The van der Waals surface area contributed by atoms with E-state index in [-0.39, 0.29) is 21.4 Å². The highest BCUT2D eigenvalue weighted by Gasteiger charge is 2.14. The number of Topliss-reactive ketones (excluding diaryl/α,β-unsaturated/α-hetero) is 1. The number of carbonyl (C=O) groups excluding carboxylic acids is 1. The van der Waals surface area contributed by atoms with Gasteiger partial charge in [-0.05, 0) is 35.0 Å². The molecular formula is C9H5BrFNO. The molecule has 0 saturated heterocycles. The summed E-state index contributed by atoms with van der Waals surface area (Å²) >= 11 is 2.93. The summed E-state index contributed by atoms with van der Waals surface area (Å²) in [5.41, 5.74) is 0.281. The summed E-state index contributed by atoms with van der Waals surface area (Å²) in [6.07, 6.45) is 0. The molecule has 0 amide bonds. The van der Waals surface area contributed by atoms with Crippen LogP contribution in [0.25, 0.3) is 0 Å². The van der Waals surface area contributed by atoms with Gasteiger partial charge in [0, 0.05) is 0 Å². The summed E-state index contributed by atoms with van der Waals surface area (Å²) in [5, 5.41) is 8.64. The summed E-state index contributed by atoms with van der Waals surface area (Å²) in [6, 6.07) is 4.26. The van der Waals surface area contributed by atoms with Crippen molar-refractivity contribution in [2.75, 3.05) is 0 Å². The average Bonchev–Trinajstić information content (AvgIpc) is 2.08. The number of benzene rings is 1. The van der Waals surface area contributed by atoms with Crippen molar-refractivity contribution in [2.24, 2.45) is 0 Å². The first-order chi connectivity index (χ1) is 6.07. The van der Waals surface area contributed by atoms with E-state index in [4.69, 9.17) is 5.26 Å². The predicted molar refractivity (Wildman–Crippen MR) is 48.8 cm³/mol. The second-order valence-electron chi connectivity index (χ2n) is 2.45. The normalized spacial score (nSPS) is 9.38. The molecule has 1 aromatic rings. The van der Waals surface area contributed by atoms with Crippen LogP contribution >= 0.6 is 15.9 Å². The first-order valence-electron chi connectivity index (χ1n) is 3.47. The Hall–Kier alpha value is -1.21. The number of rotatable bonds is 1. The number of nitriles is 1. The molecule has 13 heavy (non-hydrogen) atoms. The maximum atomic E-state index is 12.9. The van der Waals surface area contributed by atoms with Crippen LogP contribution < -0.4 is 0 Å². The Morgan fingerprint density at radius 2 is 2.23 bits per heavy atom. The Bertz CT molecular complexity index is 409. The number of hydrogen-bond donors (Lipinski definition) is 0. The molecule has 1 aromatic carbocycles. The van der Waals surface area contributed by atoms with Gasteiger partial charge < -0.3 is 0 Å². The topological polar surface area (TPSA) is 40.9 Å². The summed E-state index contributed by atoms with van der Waals surface area (Å²) in [4.78, 5) is 11.1. The minimum absolute atomic E-state index is 0.0547. The quantitative estimate of drug-likeness (QED) is 0.710. The Kier molecular flexibility index (Phi) is 2.79. The number of carbonyl (C=O) groups is 1. The zero-order chi connectivity index (χ0) is 10.0. The molecule has 0 aliphatic carbocycles. The number of hydrogen-bond acceptors (Lipinski definition) is 2. The van der Waals surface area contributed by atoms with Gasteiger partial charge in [0.15, 0.2) is 5.78 Å². The molecule has 0 spiro atoms. The summed E-state index contributed by atoms with van der Waals surface area (Å²) in [7, 11) is 0. The van der Waals surface area contributed by atoms with Crippen molar-refractivity contribution in [1.29, 1.82) is 5.26 Å². The van der Waals surface area contributed by atoms with Gasteiger partial charge in [0.1, 0.15) is 5.82 Å². The van der Waals surface area contributed by atoms with E-state index < -0.39 is 5.82 Å². The van der Waals surface area contributed by atoms with E-state index >= 15 is 0 Å². The molecule has 0 atom stereocenters. The Morgan fingerprint density at radius 1 is 1.62 bits per heavy atom. The third-order valence-corrected chi connectivity index (χ3v) is 2.34. The summed E-state index contributed by atoms with van der Waals surface area (Å²) in [5.74, 6) is -0.868. The lowest BCUT2D eigenvalue weighted by molar-refractivity contribution is 0.101. The zero-order valence-electron chi connectivity index (χ0n) is 6.77. The van der Waals surface area contributed by atoms with Crippen molar-refractivity contribution in [3.8, 4) is 6.07 Å². The van der Waals surface area contributed by atoms with Crippen LogP contribution in [-0.4, -0.2) is 5.78 Å². The van der Waals surface area contributed by atoms with Crippen molar-refractivity contribution < 1.29 is 9.18 Å². The summed E-state index contributed by atoms with van der Waals surface area (Å²) in [6.45, 7) is 1.29. The lowest BCUT2D eigenvalue weighted by Crippen LogP contribution is -2.00. The Morgan fingerprint density at radius 3 is 2.69 bits per heavy atom. The average molecular weight is 242 g/mol. The van der Waals surface area contributed by atoms with Gasteiger partial charge in [-0.15, -0.1) is 0 Å². The van der Waals surface area contributed by atoms with E-state index in [2.05, 4.69) is 15.9 Å². The Balaban J connectivity index is 3.53. The van der Waals surface area contributed by atoms with E-state index in [1.54, 1.807) is 0 Å². The zero-order valence-corrected chi connectivity index (χ0v) is 8.35. The second kappa shape index (κ2) is 3.67. The molecule has 0 aliphatic rings. The van der Waals surface area contributed by atoms with Crippen LogP contribution in [0.1, 0.15) is 22.8 Å². The standard InChI is InChI=1S/C9H5BrFNO/c1-5(13)8-6(4-12)2-3-7(11)9(8)10/h2-3H,1H3. The second-order valence-corrected chi connectivity index (χ2v) is 3.24. The number of nitrogens with zero attached hydrogens (tertiary/aromatic N) is 1. The van der Waals surface area contributed by atoms with E-state index in [1.807, 2.05) is 6.07 Å². The van der Waals surface area contributed by atoms with Crippen molar-refractivity contribution in [2.45, 2.75) is 6.92 Å². The van der Waals surface area contributed by atoms with E-state index in [1.165, 1.54) is 13.0 Å². The van der Waals surface area contributed by atoms with Crippen LogP contribution in [0.3, 0.4) is 0 Å². The van der Waals surface area contributed by atoms with Crippen molar-refractivity contribution in [1.82, 2.24) is 0 Å². The summed E-state index contributed by atoms with van der Waals surface area (Å²) < 4.78 is 13.0. The molecule has 66 valence electrons. The highest BCUT2D eigenvalue weighted by molar-refractivity contribution is 9.10. The molecule has 0 aliphatic heterocycles. The fourth-order valence-electron chi connectivity index (χ4n) is 0.988. The molecule has 0 unspecified atom stereocenters. The largest absolute Gasteiger partial charge is 0.294 e. The molecule has 4 heteroatoms. The number of ketones is 1. The van der Waals surface area contributed by atoms with Gasteiger partial charge in [-0.3, -0.25) is 4.79 Å². The molecule has 0 fully saturated rings. The van der Waals surface area contributed by atoms with Gasteiger partial charge in [-0.25, -0.2) is 4.39 Å². The molecule has 0 saturated carbocycles. The van der Waals surface area contributed by atoms with Crippen molar-refractivity contribution in [3.05, 3.63) is 33.5 Å². The lowest BCUT2D eigenvalue weighted by atomic mass is 10.1. The van der Waals surface area contributed by atoms with Gasteiger partial charge in [0.2, 0.25) is 0 Å². The molecule has 0 bridgehead atoms. The molecule has 0 aromatic heterocycles.